The lowest BCUT2D eigenvalue weighted by Crippen LogP contribution is -2.49. The predicted molar refractivity (Wildman–Crippen MR) is 98.6 cm³/mol. The molecule has 3 amide bonds. The van der Waals surface area contributed by atoms with Crippen molar-refractivity contribution >= 4 is 39.5 Å². The Morgan fingerprint density at radius 1 is 1.11 bits per heavy atom. The van der Waals surface area contributed by atoms with Crippen molar-refractivity contribution in [3.8, 4) is 0 Å². The second-order valence-electron chi connectivity index (χ2n) is 6.51. The number of hydrogen-bond acceptors (Lipinski definition) is 6. The van der Waals surface area contributed by atoms with Crippen LogP contribution in [0.15, 0.2) is 29.2 Å². The van der Waals surface area contributed by atoms with Crippen molar-refractivity contribution in [2.45, 2.75) is 37.6 Å². The standard InChI is InChI=1S/C16H22ClN3O6S/c1-16(2,3)20-15(23)19-13(21)10-26-14(22)8-9-18-27(24,25)12-6-4-11(17)5-7-12/h4-7,18H,8-10H2,1-3H3,(H2,19,20,21,23). The number of ether oxygens (including phenoxy) is 1. The number of esters is 1. The highest BCUT2D eigenvalue weighted by molar-refractivity contribution is 7.89. The number of rotatable bonds is 7. The number of amides is 3. The molecule has 27 heavy (non-hydrogen) atoms. The highest BCUT2D eigenvalue weighted by atomic mass is 35.5. The first kappa shape index (κ1) is 22.9. The van der Waals surface area contributed by atoms with Crippen molar-refractivity contribution in [2.75, 3.05) is 13.2 Å². The van der Waals surface area contributed by atoms with Crippen LogP contribution in [-0.2, 0) is 24.3 Å². The first-order chi connectivity index (χ1) is 12.4. The van der Waals surface area contributed by atoms with E-state index >= 15 is 0 Å². The summed E-state index contributed by atoms with van der Waals surface area (Å²) in [5.41, 5.74) is -0.526. The van der Waals surface area contributed by atoms with Crippen LogP contribution < -0.4 is 15.4 Å². The highest BCUT2D eigenvalue weighted by Crippen LogP contribution is 2.13. The summed E-state index contributed by atoms with van der Waals surface area (Å²) in [5.74, 6) is -1.59. The lowest BCUT2D eigenvalue weighted by Gasteiger charge is -2.20. The van der Waals surface area contributed by atoms with Gasteiger partial charge in [0.2, 0.25) is 10.0 Å². The lowest BCUT2D eigenvalue weighted by atomic mass is 10.1. The van der Waals surface area contributed by atoms with E-state index in [4.69, 9.17) is 11.6 Å². The average molecular weight is 420 g/mol. The van der Waals surface area contributed by atoms with Gasteiger partial charge in [-0.05, 0) is 45.0 Å². The highest BCUT2D eigenvalue weighted by Gasteiger charge is 2.17. The third-order valence-electron chi connectivity index (χ3n) is 2.85. The van der Waals surface area contributed by atoms with Gasteiger partial charge in [0.15, 0.2) is 6.61 Å². The monoisotopic (exact) mass is 419 g/mol. The number of hydrogen-bond donors (Lipinski definition) is 3. The number of halogens is 1. The zero-order chi connectivity index (χ0) is 20.7. The summed E-state index contributed by atoms with van der Waals surface area (Å²) in [6.07, 6.45) is -0.283. The van der Waals surface area contributed by atoms with E-state index < -0.39 is 40.1 Å². The molecule has 0 fully saturated rings. The number of imide groups is 1. The predicted octanol–water partition coefficient (Wildman–Crippen LogP) is 1.18. The van der Waals surface area contributed by atoms with Crippen molar-refractivity contribution < 1.29 is 27.5 Å². The largest absolute Gasteiger partial charge is 0.456 e. The van der Waals surface area contributed by atoms with Gasteiger partial charge in [0.1, 0.15) is 0 Å². The topological polar surface area (TPSA) is 131 Å². The second-order valence-corrected chi connectivity index (χ2v) is 8.72. The smallest absolute Gasteiger partial charge is 0.321 e. The maximum Gasteiger partial charge on any atom is 0.321 e. The third-order valence-corrected chi connectivity index (χ3v) is 4.58. The first-order valence-electron chi connectivity index (χ1n) is 7.92. The van der Waals surface area contributed by atoms with Crippen molar-refractivity contribution in [3.63, 3.8) is 0 Å². The molecule has 1 rings (SSSR count). The van der Waals surface area contributed by atoms with E-state index in [-0.39, 0.29) is 17.9 Å². The molecule has 3 N–H and O–H groups in total. The molecule has 0 saturated carbocycles. The lowest BCUT2D eigenvalue weighted by molar-refractivity contribution is -0.148. The Kier molecular flexibility index (Phi) is 8.20. The van der Waals surface area contributed by atoms with E-state index in [2.05, 4.69) is 14.8 Å². The van der Waals surface area contributed by atoms with Crippen molar-refractivity contribution in [1.82, 2.24) is 15.4 Å². The maximum atomic E-state index is 12.0. The summed E-state index contributed by atoms with van der Waals surface area (Å²) in [6.45, 7) is 4.35. The molecule has 150 valence electrons. The quantitative estimate of drug-likeness (QED) is 0.569. The summed E-state index contributed by atoms with van der Waals surface area (Å²) in [7, 11) is -3.79. The minimum atomic E-state index is -3.79. The molecule has 1 aromatic rings. The fourth-order valence-electron chi connectivity index (χ4n) is 1.74. The van der Waals surface area contributed by atoms with Gasteiger partial charge in [-0.25, -0.2) is 17.9 Å². The Labute approximate surface area is 162 Å². The molecule has 0 aliphatic heterocycles. The molecule has 0 atom stereocenters. The summed E-state index contributed by atoms with van der Waals surface area (Å²) < 4.78 is 30.9. The van der Waals surface area contributed by atoms with Crippen LogP contribution in [0.4, 0.5) is 4.79 Å². The van der Waals surface area contributed by atoms with Crippen LogP contribution in [0, 0.1) is 0 Å². The Bertz CT molecular complexity index is 787. The van der Waals surface area contributed by atoms with Crippen LogP contribution in [-0.4, -0.2) is 45.0 Å². The summed E-state index contributed by atoms with van der Waals surface area (Å²) in [5, 5.41) is 4.92. The maximum absolute atomic E-state index is 12.0. The third kappa shape index (κ3) is 9.36. The zero-order valence-electron chi connectivity index (χ0n) is 15.2. The van der Waals surface area contributed by atoms with Crippen LogP contribution in [0.25, 0.3) is 0 Å². The van der Waals surface area contributed by atoms with Gasteiger partial charge in [0, 0.05) is 17.1 Å². The van der Waals surface area contributed by atoms with E-state index in [0.717, 1.165) is 0 Å². The van der Waals surface area contributed by atoms with E-state index in [0.29, 0.717) is 5.02 Å². The normalized spacial score (nSPS) is 11.6. The SMILES string of the molecule is CC(C)(C)NC(=O)NC(=O)COC(=O)CCNS(=O)(=O)c1ccc(Cl)cc1. The van der Waals surface area contributed by atoms with Gasteiger partial charge in [0.05, 0.1) is 11.3 Å². The number of urea groups is 1. The van der Waals surface area contributed by atoms with Gasteiger partial charge in [-0.2, -0.15) is 0 Å². The molecule has 0 aromatic heterocycles. The van der Waals surface area contributed by atoms with Crippen LogP contribution >= 0.6 is 11.6 Å². The van der Waals surface area contributed by atoms with Gasteiger partial charge < -0.3 is 10.1 Å². The molecule has 0 heterocycles. The van der Waals surface area contributed by atoms with E-state index in [1.54, 1.807) is 20.8 Å². The van der Waals surface area contributed by atoms with Crippen molar-refractivity contribution in [1.29, 1.82) is 0 Å². The number of carbonyl (C=O) groups excluding carboxylic acids is 3. The van der Waals surface area contributed by atoms with E-state index in [1.165, 1.54) is 24.3 Å². The molecule has 11 heteroatoms. The molecule has 0 radical (unpaired) electrons. The molecule has 0 spiro atoms. The fourth-order valence-corrected chi connectivity index (χ4v) is 2.90. The molecular weight excluding hydrogens is 398 g/mol. The number of carbonyl (C=O) groups is 3. The minimum Gasteiger partial charge on any atom is -0.456 e. The van der Waals surface area contributed by atoms with Gasteiger partial charge >= 0.3 is 12.0 Å². The molecule has 0 unspecified atom stereocenters. The van der Waals surface area contributed by atoms with Crippen LogP contribution in [0.2, 0.25) is 5.02 Å². The van der Waals surface area contributed by atoms with Gasteiger partial charge in [-0.1, -0.05) is 11.6 Å². The summed E-state index contributed by atoms with van der Waals surface area (Å²) >= 11 is 5.70. The Hall–Kier alpha value is -2.17. The average Bonchev–Trinajstić information content (AvgIpc) is 2.51. The van der Waals surface area contributed by atoms with E-state index in [9.17, 15) is 22.8 Å². The van der Waals surface area contributed by atoms with E-state index in [1.807, 2.05) is 5.32 Å². The second kappa shape index (κ2) is 9.67. The van der Waals surface area contributed by atoms with Gasteiger partial charge in [-0.15, -0.1) is 0 Å². The molecule has 0 saturated heterocycles. The van der Waals surface area contributed by atoms with Crippen molar-refractivity contribution in [3.05, 3.63) is 29.3 Å². The Morgan fingerprint density at radius 2 is 1.70 bits per heavy atom. The summed E-state index contributed by atoms with van der Waals surface area (Å²) in [4.78, 5) is 34.6. The Balaban J connectivity index is 2.34. The minimum absolute atomic E-state index is 0.00417. The fraction of sp³-hybridized carbons (Fsp3) is 0.438. The molecular formula is C16H22ClN3O6S. The number of benzene rings is 1. The number of nitrogens with one attached hydrogen (secondary N) is 3. The van der Waals surface area contributed by atoms with Gasteiger partial charge in [-0.3, -0.25) is 14.9 Å². The summed E-state index contributed by atoms with van der Waals surface area (Å²) in [6, 6.07) is 4.81. The van der Waals surface area contributed by atoms with Gasteiger partial charge in [0.25, 0.3) is 5.91 Å². The molecule has 0 aliphatic carbocycles. The van der Waals surface area contributed by atoms with Crippen LogP contribution in [0.5, 0.6) is 0 Å². The van der Waals surface area contributed by atoms with Crippen LogP contribution in [0.3, 0.4) is 0 Å². The first-order valence-corrected chi connectivity index (χ1v) is 9.78. The Morgan fingerprint density at radius 3 is 2.26 bits per heavy atom. The molecule has 9 nitrogen and oxygen atoms in total. The molecule has 1 aromatic carbocycles. The van der Waals surface area contributed by atoms with Crippen molar-refractivity contribution in [2.24, 2.45) is 0 Å². The zero-order valence-corrected chi connectivity index (χ0v) is 16.7. The molecule has 0 aliphatic rings. The van der Waals surface area contributed by atoms with Crippen LogP contribution in [0.1, 0.15) is 27.2 Å². The number of sulfonamides is 1. The molecule has 0 bridgehead atoms.